The van der Waals surface area contributed by atoms with Crippen LogP contribution in [-0.4, -0.2) is 4.98 Å². The molecule has 0 amide bonds. The van der Waals surface area contributed by atoms with Crippen LogP contribution in [0.1, 0.15) is 12.5 Å². The second-order valence-corrected chi connectivity index (χ2v) is 3.05. The molecule has 0 atom stereocenters. The lowest BCUT2D eigenvalue weighted by Crippen LogP contribution is -1.83. The van der Waals surface area contributed by atoms with Crippen molar-refractivity contribution in [2.24, 2.45) is 0 Å². The van der Waals surface area contributed by atoms with E-state index in [4.69, 9.17) is 0 Å². The number of nitrogens with zero attached hydrogens (tertiary/aromatic N) is 1. The molecule has 2 aromatic rings. The molecule has 2 rings (SSSR count). The van der Waals surface area contributed by atoms with E-state index in [0.717, 1.165) is 10.9 Å². The molecule has 0 bridgehead atoms. The van der Waals surface area contributed by atoms with Crippen LogP contribution in [0, 0.1) is 0 Å². The molecule has 1 nitrogen and oxygen atoms in total. The van der Waals surface area contributed by atoms with E-state index in [9.17, 15) is 4.39 Å². The highest BCUT2D eigenvalue weighted by atomic mass is 19.1. The van der Waals surface area contributed by atoms with Crippen LogP contribution in [0.4, 0.5) is 4.39 Å². The minimum absolute atomic E-state index is 0.233. The van der Waals surface area contributed by atoms with Crippen molar-refractivity contribution in [1.29, 1.82) is 0 Å². The third-order valence-corrected chi connectivity index (χ3v) is 2.12. The Morgan fingerprint density at radius 2 is 2.14 bits per heavy atom. The minimum Gasteiger partial charge on any atom is -0.256 e. The zero-order chi connectivity index (χ0) is 9.97. The maximum Gasteiger partial charge on any atom is 0.127 e. The average molecular weight is 187 g/mol. The second kappa shape index (κ2) is 3.58. The Hall–Kier alpha value is -1.70. The summed E-state index contributed by atoms with van der Waals surface area (Å²) in [6.07, 6.45) is 2.99. The largest absolute Gasteiger partial charge is 0.256 e. The van der Waals surface area contributed by atoms with Crippen molar-refractivity contribution in [3.8, 4) is 0 Å². The Morgan fingerprint density at radius 3 is 2.93 bits per heavy atom. The molecule has 0 aliphatic carbocycles. The Labute approximate surface area is 81.9 Å². The topological polar surface area (TPSA) is 12.9 Å². The van der Waals surface area contributed by atoms with Gasteiger partial charge in [0.2, 0.25) is 0 Å². The number of hydrogen-bond donors (Lipinski definition) is 0. The molecule has 0 radical (unpaired) electrons. The van der Waals surface area contributed by atoms with Gasteiger partial charge in [-0.3, -0.25) is 4.98 Å². The molecule has 0 aliphatic heterocycles. The first-order valence-corrected chi connectivity index (χ1v) is 4.48. The van der Waals surface area contributed by atoms with Gasteiger partial charge in [-0.15, -0.1) is 0 Å². The summed E-state index contributed by atoms with van der Waals surface area (Å²) in [6.45, 7) is 1.67. The number of hydrogen-bond acceptors (Lipinski definition) is 1. The lowest BCUT2D eigenvalue weighted by atomic mass is 10.1. The van der Waals surface area contributed by atoms with Gasteiger partial charge < -0.3 is 0 Å². The quantitative estimate of drug-likeness (QED) is 0.665. The van der Waals surface area contributed by atoms with Crippen molar-refractivity contribution in [2.45, 2.75) is 6.92 Å². The Morgan fingerprint density at radius 1 is 1.36 bits per heavy atom. The molecule has 0 aliphatic rings. The van der Waals surface area contributed by atoms with Crippen molar-refractivity contribution in [3.63, 3.8) is 0 Å². The van der Waals surface area contributed by atoms with Crippen LogP contribution in [0.2, 0.25) is 0 Å². The van der Waals surface area contributed by atoms with Gasteiger partial charge in [0.15, 0.2) is 0 Å². The molecule has 0 unspecified atom stereocenters. The number of pyridine rings is 1. The number of fused-ring (bicyclic) bond motifs is 1. The number of rotatable bonds is 1. The molecule has 2 heteroatoms. The van der Waals surface area contributed by atoms with E-state index in [1.807, 2.05) is 24.3 Å². The number of aromatic nitrogens is 1. The van der Waals surface area contributed by atoms with Crippen molar-refractivity contribution in [1.82, 2.24) is 4.98 Å². The van der Waals surface area contributed by atoms with Crippen LogP contribution in [0.3, 0.4) is 0 Å². The molecular weight excluding hydrogens is 177 g/mol. The van der Waals surface area contributed by atoms with Crippen molar-refractivity contribution < 1.29 is 4.39 Å². The standard InChI is InChI=1S/C12H10FN/c1-2-11(13)10-7-9-5-3-4-6-12(9)14-8-10/h2-8H,1H3/b11-2-. The van der Waals surface area contributed by atoms with Gasteiger partial charge in [0.1, 0.15) is 5.83 Å². The highest BCUT2D eigenvalue weighted by molar-refractivity contribution is 5.81. The SMILES string of the molecule is C/C=C(\F)c1cnc2ccccc2c1. The van der Waals surface area contributed by atoms with E-state index in [0.29, 0.717) is 5.56 Å². The van der Waals surface area contributed by atoms with E-state index in [1.165, 1.54) is 6.08 Å². The van der Waals surface area contributed by atoms with Gasteiger partial charge in [-0.05, 0) is 19.1 Å². The molecule has 0 spiro atoms. The van der Waals surface area contributed by atoms with E-state index < -0.39 is 0 Å². The third-order valence-electron chi connectivity index (χ3n) is 2.12. The summed E-state index contributed by atoms with van der Waals surface area (Å²) in [5.41, 5.74) is 1.42. The number of allylic oxidation sites excluding steroid dienone is 1. The van der Waals surface area contributed by atoms with Crippen LogP contribution < -0.4 is 0 Å². The van der Waals surface area contributed by atoms with Gasteiger partial charge >= 0.3 is 0 Å². The molecule has 14 heavy (non-hydrogen) atoms. The van der Waals surface area contributed by atoms with Gasteiger partial charge in [0.05, 0.1) is 5.52 Å². The van der Waals surface area contributed by atoms with Gasteiger partial charge in [-0.2, -0.15) is 0 Å². The summed E-state index contributed by atoms with van der Waals surface area (Å²) >= 11 is 0. The first kappa shape index (κ1) is 8.88. The van der Waals surface area contributed by atoms with E-state index in [2.05, 4.69) is 4.98 Å². The summed E-state index contributed by atoms with van der Waals surface area (Å²) in [7, 11) is 0. The van der Waals surface area contributed by atoms with Crippen molar-refractivity contribution >= 4 is 16.7 Å². The van der Waals surface area contributed by atoms with E-state index in [1.54, 1.807) is 19.2 Å². The van der Waals surface area contributed by atoms with Gasteiger partial charge in [-0.1, -0.05) is 24.3 Å². The van der Waals surface area contributed by atoms with Crippen molar-refractivity contribution in [3.05, 3.63) is 48.2 Å². The predicted octanol–water partition coefficient (Wildman–Crippen LogP) is 3.57. The Kier molecular flexibility index (Phi) is 2.27. The molecule has 70 valence electrons. The summed E-state index contributed by atoms with van der Waals surface area (Å²) in [4.78, 5) is 4.17. The highest BCUT2D eigenvalue weighted by Crippen LogP contribution is 2.19. The van der Waals surface area contributed by atoms with Crippen LogP contribution >= 0.6 is 0 Å². The average Bonchev–Trinajstić information content (AvgIpc) is 2.27. The molecule has 1 aromatic heterocycles. The lowest BCUT2D eigenvalue weighted by molar-refractivity contribution is 0.758. The van der Waals surface area contributed by atoms with Gasteiger partial charge in [0.25, 0.3) is 0 Å². The van der Waals surface area contributed by atoms with Gasteiger partial charge in [-0.25, -0.2) is 4.39 Å². The third kappa shape index (κ3) is 1.51. The maximum atomic E-state index is 13.2. The normalized spacial score (nSPS) is 12.0. The Bertz CT molecular complexity index is 488. The zero-order valence-electron chi connectivity index (χ0n) is 7.87. The summed E-state index contributed by atoms with van der Waals surface area (Å²) < 4.78 is 13.2. The maximum absolute atomic E-state index is 13.2. The molecule has 0 N–H and O–H groups in total. The first-order valence-electron chi connectivity index (χ1n) is 4.48. The highest BCUT2D eigenvalue weighted by Gasteiger charge is 2.00. The fraction of sp³-hybridized carbons (Fsp3) is 0.0833. The van der Waals surface area contributed by atoms with E-state index in [-0.39, 0.29) is 5.83 Å². The van der Waals surface area contributed by atoms with Crippen LogP contribution in [-0.2, 0) is 0 Å². The minimum atomic E-state index is -0.233. The smallest absolute Gasteiger partial charge is 0.127 e. The summed E-state index contributed by atoms with van der Waals surface area (Å²) in [5.74, 6) is -0.233. The van der Waals surface area contributed by atoms with E-state index >= 15 is 0 Å². The predicted molar refractivity (Wildman–Crippen MR) is 56.5 cm³/mol. The summed E-state index contributed by atoms with van der Waals surface area (Å²) in [5, 5.41) is 0.960. The van der Waals surface area contributed by atoms with Crippen LogP contribution in [0.5, 0.6) is 0 Å². The van der Waals surface area contributed by atoms with Crippen LogP contribution in [0.25, 0.3) is 16.7 Å². The lowest BCUT2D eigenvalue weighted by Gasteiger charge is -1.99. The molecule has 1 aromatic carbocycles. The number of benzene rings is 1. The fourth-order valence-corrected chi connectivity index (χ4v) is 1.37. The monoisotopic (exact) mass is 187 g/mol. The number of para-hydroxylation sites is 1. The summed E-state index contributed by atoms with van der Waals surface area (Å²) in [6, 6.07) is 9.47. The second-order valence-electron chi connectivity index (χ2n) is 3.05. The molecule has 1 heterocycles. The number of halogens is 1. The zero-order valence-corrected chi connectivity index (χ0v) is 7.87. The molecule has 0 saturated carbocycles. The first-order chi connectivity index (χ1) is 6.81. The van der Waals surface area contributed by atoms with Crippen LogP contribution in [0.15, 0.2) is 42.6 Å². The molecule has 0 saturated heterocycles. The molecular formula is C12H10FN. The van der Waals surface area contributed by atoms with Gasteiger partial charge in [0, 0.05) is 17.1 Å². The Balaban J connectivity index is 2.62. The fourth-order valence-electron chi connectivity index (χ4n) is 1.37. The molecule has 0 fully saturated rings. The van der Waals surface area contributed by atoms with Crippen molar-refractivity contribution in [2.75, 3.05) is 0 Å².